The Kier molecular flexibility index (Phi) is 5.79. The normalized spacial score (nSPS) is 11.1. The molecule has 1 aromatic rings. The van der Waals surface area contributed by atoms with E-state index in [-0.39, 0.29) is 5.92 Å². The van der Waals surface area contributed by atoms with Crippen molar-refractivity contribution >= 4 is 17.2 Å². The molecule has 0 amide bonds. The Bertz CT molecular complexity index is 522. The van der Waals surface area contributed by atoms with Crippen LogP contribution in [0.15, 0.2) is 30.3 Å². The number of ether oxygens (including phenoxy) is 1. The first-order valence-corrected chi connectivity index (χ1v) is 6.50. The van der Waals surface area contributed by atoms with Crippen molar-refractivity contribution in [2.24, 2.45) is 5.92 Å². The summed E-state index contributed by atoms with van der Waals surface area (Å²) < 4.78 is 5.04. The molecule has 0 aromatic heterocycles. The molecule has 0 saturated carbocycles. The van der Waals surface area contributed by atoms with Crippen molar-refractivity contribution in [1.82, 2.24) is 0 Å². The van der Waals surface area contributed by atoms with E-state index in [1.807, 2.05) is 63.2 Å². The largest absolute Gasteiger partial charge is 0.462 e. The molecule has 4 nitrogen and oxygen atoms in total. The maximum Gasteiger partial charge on any atom is 0.332 e. The van der Waals surface area contributed by atoms with Gasteiger partial charge in [0, 0.05) is 25.9 Å². The molecule has 0 spiro atoms. The van der Waals surface area contributed by atoms with E-state index in [1.54, 1.807) is 0 Å². The third-order valence-electron chi connectivity index (χ3n) is 2.64. The molecule has 0 unspecified atom stereocenters. The van der Waals surface area contributed by atoms with E-state index in [0.29, 0.717) is 17.7 Å². The molecule has 0 aliphatic heterocycles. The van der Waals surface area contributed by atoms with Crippen molar-refractivity contribution < 1.29 is 9.53 Å². The molecule has 0 bridgehead atoms. The smallest absolute Gasteiger partial charge is 0.332 e. The Hall–Kier alpha value is -2.28. The van der Waals surface area contributed by atoms with E-state index < -0.39 is 5.97 Å². The summed E-state index contributed by atoms with van der Waals surface area (Å²) in [5, 5.41) is 9.15. The summed E-state index contributed by atoms with van der Waals surface area (Å²) in [7, 11) is 3.89. The van der Waals surface area contributed by atoms with Crippen molar-refractivity contribution in [2.75, 3.05) is 25.6 Å². The van der Waals surface area contributed by atoms with Crippen LogP contribution in [-0.4, -0.2) is 26.7 Å². The molecule has 0 N–H and O–H groups in total. The highest BCUT2D eigenvalue weighted by Gasteiger charge is 2.07. The van der Waals surface area contributed by atoms with Crippen molar-refractivity contribution in [3.05, 3.63) is 35.9 Å². The number of carbonyl (C=O) groups excluding carboxylic acids is 1. The van der Waals surface area contributed by atoms with Crippen LogP contribution in [0.2, 0.25) is 0 Å². The van der Waals surface area contributed by atoms with Gasteiger partial charge in [0.1, 0.15) is 6.07 Å². The second kappa shape index (κ2) is 7.34. The van der Waals surface area contributed by atoms with Gasteiger partial charge in [-0.05, 0) is 23.6 Å². The molecular formula is C16H20N2O2. The molecule has 106 valence electrons. The molecule has 0 aliphatic rings. The lowest BCUT2D eigenvalue weighted by Gasteiger charge is -2.12. The monoisotopic (exact) mass is 272 g/mol. The van der Waals surface area contributed by atoms with Crippen LogP contribution in [-0.2, 0) is 9.53 Å². The highest BCUT2D eigenvalue weighted by molar-refractivity contribution is 5.95. The number of nitrogens with zero attached hydrogens (tertiary/aromatic N) is 2. The minimum Gasteiger partial charge on any atom is -0.462 e. The summed E-state index contributed by atoms with van der Waals surface area (Å²) in [5.74, 6) is -0.204. The van der Waals surface area contributed by atoms with Gasteiger partial charge in [-0.15, -0.1) is 0 Å². The summed E-state index contributed by atoms with van der Waals surface area (Å²) in [6.07, 6.45) is 1.24. The molecule has 1 rings (SSSR count). The first-order valence-electron chi connectivity index (χ1n) is 6.50. The first-order chi connectivity index (χ1) is 9.43. The molecule has 0 heterocycles. The van der Waals surface area contributed by atoms with Crippen LogP contribution in [0, 0.1) is 17.2 Å². The topological polar surface area (TPSA) is 53.3 Å². The summed E-state index contributed by atoms with van der Waals surface area (Å²) in [6.45, 7) is 4.28. The van der Waals surface area contributed by atoms with Crippen LogP contribution < -0.4 is 4.90 Å². The number of rotatable bonds is 5. The first kappa shape index (κ1) is 15.8. The Morgan fingerprint density at radius 2 is 1.95 bits per heavy atom. The molecule has 4 heteroatoms. The highest BCUT2D eigenvalue weighted by Crippen LogP contribution is 2.18. The van der Waals surface area contributed by atoms with Crippen molar-refractivity contribution in [1.29, 1.82) is 5.26 Å². The quantitative estimate of drug-likeness (QED) is 0.470. The third kappa shape index (κ3) is 4.77. The van der Waals surface area contributed by atoms with Gasteiger partial charge >= 0.3 is 5.97 Å². The summed E-state index contributed by atoms with van der Waals surface area (Å²) >= 11 is 0. The lowest BCUT2D eigenvalue weighted by atomic mass is 10.1. The predicted molar refractivity (Wildman–Crippen MR) is 80.2 cm³/mol. The number of nitriles is 1. The molecule has 0 aliphatic carbocycles. The van der Waals surface area contributed by atoms with Gasteiger partial charge in [-0.25, -0.2) is 4.79 Å². The van der Waals surface area contributed by atoms with Crippen molar-refractivity contribution in [3.63, 3.8) is 0 Å². The lowest BCUT2D eigenvalue weighted by molar-refractivity contribution is -0.138. The highest BCUT2D eigenvalue weighted by atomic mass is 16.5. The summed E-state index contributed by atoms with van der Waals surface area (Å²) in [5.41, 5.74) is 2.05. The lowest BCUT2D eigenvalue weighted by Crippen LogP contribution is -2.08. The zero-order valence-electron chi connectivity index (χ0n) is 12.4. The molecule has 0 saturated heterocycles. The van der Waals surface area contributed by atoms with E-state index in [1.165, 1.54) is 6.08 Å². The van der Waals surface area contributed by atoms with E-state index in [4.69, 9.17) is 10.00 Å². The second-order valence-electron chi connectivity index (χ2n) is 5.14. The zero-order chi connectivity index (χ0) is 15.1. The molecule has 0 radical (unpaired) electrons. The van der Waals surface area contributed by atoms with Gasteiger partial charge in [0.2, 0.25) is 0 Å². The molecular weight excluding hydrogens is 252 g/mol. The Balaban J connectivity index is 2.85. The number of anilines is 1. The van der Waals surface area contributed by atoms with E-state index in [2.05, 4.69) is 0 Å². The van der Waals surface area contributed by atoms with E-state index >= 15 is 0 Å². The summed E-state index contributed by atoms with van der Waals surface area (Å²) in [6, 6.07) is 9.48. The third-order valence-corrected chi connectivity index (χ3v) is 2.64. The molecule has 20 heavy (non-hydrogen) atoms. The number of carbonyl (C=O) groups is 1. The van der Waals surface area contributed by atoms with Gasteiger partial charge < -0.3 is 9.64 Å². The van der Waals surface area contributed by atoms with Crippen LogP contribution >= 0.6 is 0 Å². The molecule has 0 fully saturated rings. The zero-order valence-corrected chi connectivity index (χ0v) is 12.4. The fraction of sp³-hybridized carbons (Fsp3) is 0.375. The number of benzene rings is 1. The number of allylic oxidation sites excluding steroid dienone is 1. The Morgan fingerprint density at radius 1 is 1.35 bits per heavy atom. The van der Waals surface area contributed by atoms with Crippen LogP contribution in [0.25, 0.3) is 5.57 Å². The maximum absolute atomic E-state index is 11.6. The van der Waals surface area contributed by atoms with Gasteiger partial charge in [-0.1, -0.05) is 26.0 Å². The fourth-order valence-corrected chi connectivity index (χ4v) is 1.53. The Morgan fingerprint density at radius 3 is 2.40 bits per heavy atom. The minimum atomic E-state index is -0.480. The SMILES string of the molecule is CC(C)COC(=O)C=C(C#N)c1ccc(N(C)C)cc1. The van der Waals surface area contributed by atoms with E-state index in [9.17, 15) is 4.79 Å². The van der Waals surface area contributed by atoms with Crippen molar-refractivity contribution in [2.45, 2.75) is 13.8 Å². The number of hydrogen-bond donors (Lipinski definition) is 0. The Labute approximate surface area is 120 Å². The predicted octanol–water partition coefficient (Wildman–Crippen LogP) is 2.86. The van der Waals surface area contributed by atoms with Gasteiger partial charge in [0.25, 0.3) is 0 Å². The fourth-order valence-electron chi connectivity index (χ4n) is 1.53. The average Bonchev–Trinajstić information content (AvgIpc) is 2.42. The minimum absolute atomic E-state index is 0.275. The second-order valence-corrected chi connectivity index (χ2v) is 5.14. The average molecular weight is 272 g/mol. The van der Waals surface area contributed by atoms with Crippen LogP contribution in [0.3, 0.4) is 0 Å². The van der Waals surface area contributed by atoms with Gasteiger partial charge in [0.05, 0.1) is 12.2 Å². The summed E-state index contributed by atoms with van der Waals surface area (Å²) in [4.78, 5) is 13.6. The van der Waals surface area contributed by atoms with Gasteiger partial charge in [-0.2, -0.15) is 5.26 Å². The van der Waals surface area contributed by atoms with E-state index in [0.717, 1.165) is 5.69 Å². The number of hydrogen-bond acceptors (Lipinski definition) is 4. The standard InChI is InChI=1S/C16H20N2O2/c1-12(2)11-20-16(19)9-14(10-17)13-5-7-15(8-6-13)18(3)4/h5-9,12H,11H2,1-4H3. The number of esters is 1. The molecule has 1 aromatic carbocycles. The van der Waals surface area contributed by atoms with Gasteiger partial charge in [0.15, 0.2) is 0 Å². The molecule has 0 atom stereocenters. The van der Waals surface area contributed by atoms with Crippen LogP contribution in [0.5, 0.6) is 0 Å². The van der Waals surface area contributed by atoms with Crippen LogP contribution in [0.1, 0.15) is 19.4 Å². The van der Waals surface area contributed by atoms with Crippen LogP contribution in [0.4, 0.5) is 5.69 Å². The maximum atomic E-state index is 11.6. The van der Waals surface area contributed by atoms with Crippen molar-refractivity contribution in [3.8, 4) is 6.07 Å². The van der Waals surface area contributed by atoms with Gasteiger partial charge in [-0.3, -0.25) is 0 Å².